The third-order valence-electron chi connectivity index (χ3n) is 4.48. The van der Waals surface area contributed by atoms with Crippen LogP contribution in [-0.4, -0.2) is 56.3 Å². The first-order valence-corrected chi connectivity index (χ1v) is 9.24. The zero-order valence-electron chi connectivity index (χ0n) is 16.1. The molecule has 1 aromatic rings. The highest BCUT2D eigenvalue weighted by Gasteiger charge is 2.34. The number of anilines is 1. The van der Waals surface area contributed by atoms with E-state index in [1.165, 1.54) is 7.05 Å². The van der Waals surface area contributed by atoms with E-state index in [1.807, 2.05) is 0 Å². The molecule has 4 N–H and O–H groups in total. The number of amides is 4. The van der Waals surface area contributed by atoms with E-state index in [1.54, 1.807) is 0 Å². The quantitative estimate of drug-likeness (QED) is 0.455. The van der Waals surface area contributed by atoms with Gasteiger partial charge in [0.1, 0.15) is 5.82 Å². The van der Waals surface area contributed by atoms with Crippen molar-refractivity contribution in [1.82, 2.24) is 16.0 Å². The van der Waals surface area contributed by atoms with Gasteiger partial charge in [0.05, 0.1) is 29.4 Å². The summed E-state index contributed by atoms with van der Waals surface area (Å²) in [6.45, 7) is 0.411. The van der Waals surface area contributed by atoms with Crippen LogP contribution in [0.3, 0.4) is 0 Å². The number of hydrogen-bond acceptors (Lipinski definition) is 6. The molecule has 0 aliphatic carbocycles. The molecule has 1 fully saturated rings. The Morgan fingerprint density at radius 2 is 2.03 bits per heavy atom. The maximum Gasteiger partial charge on any atom is 0.411 e. The van der Waals surface area contributed by atoms with Crippen LogP contribution in [0.4, 0.5) is 14.9 Å². The van der Waals surface area contributed by atoms with Gasteiger partial charge >= 0.3 is 6.09 Å². The van der Waals surface area contributed by atoms with E-state index in [4.69, 9.17) is 11.6 Å². The van der Waals surface area contributed by atoms with Crippen molar-refractivity contribution < 1.29 is 33.1 Å². The second-order valence-electron chi connectivity index (χ2n) is 6.41. The van der Waals surface area contributed by atoms with Crippen molar-refractivity contribution in [3.63, 3.8) is 0 Å². The second-order valence-corrected chi connectivity index (χ2v) is 6.82. The smallest absolute Gasteiger partial charge is 0.411 e. The molecule has 4 amide bonds. The van der Waals surface area contributed by atoms with Crippen molar-refractivity contribution in [2.75, 3.05) is 26.0 Å². The molecule has 0 bridgehead atoms. The Morgan fingerprint density at radius 1 is 1.33 bits per heavy atom. The third-order valence-corrected chi connectivity index (χ3v) is 4.77. The molecule has 1 aromatic carbocycles. The Balaban J connectivity index is 2.32. The van der Waals surface area contributed by atoms with Gasteiger partial charge in [0.15, 0.2) is 0 Å². The summed E-state index contributed by atoms with van der Waals surface area (Å²) in [6.07, 6.45) is -0.635. The monoisotopic (exact) mass is 442 g/mol. The number of likely N-dealkylation sites (N-methyl/N-ethyl adjacent to an activating group) is 1. The molecular weight excluding hydrogens is 423 g/mol. The van der Waals surface area contributed by atoms with E-state index in [9.17, 15) is 28.4 Å². The first-order valence-electron chi connectivity index (χ1n) is 8.86. The Bertz CT molecular complexity index is 894. The van der Waals surface area contributed by atoms with Gasteiger partial charge in [0, 0.05) is 19.5 Å². The van der Waals surface area contributed by atoms with Crippen LogP contribution in [0, 0.1) is 11.7 Å². The minimum Gasteiger partial charge on any atom is -0.453 e. The summed E-state index contributed by atoms with van der Waals surface area (Å²) in [7, 11) is 2.33. The molecule has 1 aliphatic heterocycles. The molecule has 162 valence electrons. The highest BCUT2D eigenvalue weighted by molar-refractivity contribution is 6.38. The summed E-state index contributed by atoms with van der Waals surface area (Å²) >= 11 is 5.71. The Labute approximate surface area is 175 Å². The van der Waals surface area contributed by atoms with Gasteiger partial charge in [-0.25, -0.2) is 9.18 Å². The lowest BCUT2D eigenvalue weighted by atomic mass is 9.95. The summed E-state index contributed by atoms with van der Waals surface area (Å²) < 4.78 is 18.4. The van der Waals surface area contributed by atoms with Crippen molar-refractivity contribution in [2.24, 2.45) is 5.92 Å². The standard InChI is InChI=1S/C18H20ClFN4O6/c1-21-17(28)14(25)13(5-8-3-4-22-15(8)26)23-16(27)9-6-11(20)10(19)7-12(9)24-18(29)30-2/h6-8,13H,3-5H2,1-2H3,(H,21,28)(H,22,26)(H,23,27)(H,24,29). The van der Waals surface area contributed by atoms with E-state index < -0.39 is 41.5 Å². The fourth-order valence-electron chi connectivity index (χ4n) is 2.90. The number of halogens is 2. The van der Waals surface area contributed by atoms with E-state index in [0.29, 0.717) is 13.0 Å². The molecule has 1 heterocycles. The van der Waals surface area contributed by atoms with Gasteiger partial charge in [-0.15, -0.1) is 0 Å². The predicted molar refractivity (Wildman–Crippen MR) is 103 cm³/mol. The van der Waals surface area contributed by atoms with Crippen LogP contribution in [-0.2, 0) is 19.1 Å². The van der Waals surface area contributed by atoms with E-state index in [2.05, 4.69) is 26.0 Å². The molecule has 1 saturated heterocycles. The van der Waals surface area contributed by atoms with Crippen LogP contribution in [0.25, 0.3) is 0 Å². The number of ketones is 1. The average Bonchev–Trinajstić information content (AvgIpc) is 3.12. The number of rotatable bonds is 7. The lowest BCUT2D eigenvalue weighted by Crippen LogP contribution is -2.48. The molecule has 0 spiro atoms. The van der Waals surface area contributed by atoms with Gasteiger partial charge < -0.3 is 20.7 Å². The lowest BCUT2D eigenvalue weighted by Gasteiger charge is -2.20. The third kappa shape index (κ3) is 5.44. The van der Waals surface area contributed by atoms with Crippen molar-refractivity contribution in [3.05, 3.63) is 28.5 Å². The highest BCUT2D eigenvalue weighted by atomic mass is 35.5. The lowest BCUT2D eigenvalue weighted by molar-refractivity contribution is -0.139. The van der Waals surface area contributed by atoms with Crippen molar-refractivity contribution >= 4 is 46.9 Å². The molecule has 1 aliphatic rings. The number of Topliss-reactive ketones (excluding diaryl/α,β-unsaturated/α-hetero) is 1. The van der Waals surface area contributed by atoms with Gasteiger partial charge in [-0.1, -0.05) is 11.6 Å². The zero-order valence-corrected chi connectivity index (χ0v) is 16.9. The number of methoxy groups -OCH3 is 1. The van der Waals surface area contributed by atoms with Gasteiger partial charge in [-0.05, 0) is 25.0 Å². The van der Waals surface area contributed by atoms with Gasteiger partial charge in [0.25, 0.3) is 11.8 Å². The SMILES string of the molecule is CNC(=O)C(=O)C(CC1CCNC1=O)NC(=O)c1cc(F)c(Cl)cc1NC(=O)OC. The van der Waals surface area contributed by atoms with Gasteiger partial charge in [-0.3, -0.25) is 24.5 Å². The minimum atomic E-state index is -1.35. The van der Waals surface area contributed by atoms with Gasteiger partial charge in [0.2, 0.25) is 11.7 Å². The molecule has 0 aromatic heterocycles. The van der Waals surface area contributed by atoms with Crippen LogP contribution < -0.4 is 21.3 Å². The van der Waals surface area contributed by atoms with Crippen LogP contribution in [0.2, 0.25) is 5.02 Å². The summed E-state index contributed by atoms with van der Waals surface area (Å²) in [5.41, 5.74) is -0.525. The Hall–Kier alpha value is -3.21. The fraction of sp³-hybridized carbons (Fsp3) is 0.389. The topological polar surface area (TPSA) is 143 Å². The fourth-order valence-corrected chi connectivity index (χ4v) is 3.07. The zero-order chi connectivity index (χ0) is 22.4. The van der Waals surface area contributed by atoms with Crippen molar-refractivity contribution in [2.45, 2.75) is 18.9 Å². The molecule has 2 rings (SSSR count). The number of ether oxygens (including phenoxy) is 1. The number of hydrogen-bond donors (Lipinski definition) is 4. The van der Waals surface area contributed by atoms with Crippen LogP contribution >= 0.6 is 11.6 Å². The summed E-state index contributed by atoms with van der Waals surface area (Å²) in [6, 6.07) is 0.422. The molecule has 2 atom stereocenters. The normalized spacial score (nSPS) is 16.3. The molecule has 2 unspecified atom stereocenters. The predicted octanol–water partition coefficient (Wildman–Crippen LogP) is 0.597. The van der Waals surface area contributed by atoms with Crippen LogP contribution in [0.5, 0.6) is 0 Å². The molecule has 10 nitrogen and oxygen atoms in total. The van der Waals surface area contributed by atoms with Crippen LogP contribution in [0.1, 0.15) is 23.2 Å². The highest BCUT2D eigenvalue weighted by Crippen LogP contribution is 2.25. The van der Waals surface area contributed by atoms with Crippen molar-refractivity contribution in [3.8, 4) is 0 Å². The summed E-state index contributed by atoms with van der Waals surface area (Å²) in [5, 5.41) is 8.97. The van der Waals surface area contributed by atoms with Crippen molar-refractivity contribution in [1.29, 1.82) is 0 Å². The number of carbonyl (C=O) groups is 5. The molecule has 0 radical (unpaired) electrons. The molecule has 30 heavy (non-hydrogen) atoms. The second kappa shape index (κ2) is 10.0. The summed E-state index contributed by atoms with van der Waals surface area (Å²) in [4.78, 5) is 60.4. The molecular formula is C18H20ClFN4O6. The maximum absolute atomic E-state index is 14.0. The van der Waals surface area contributed by atoms with Gasteiger partial charge in [-0.2, -0.15) is 0 Å². The summed E-state index contributed by atoms with van der Waals surface area (Å²) in [5.74, 6) is -4.72. The minimum absolute atomic E-state index is 0.125. The molecule has 0 saturated carbocycles. The Morgan fingerprint density at radius 3 is 2.60 bits per heavy atom. The first-order chi connectivity index (χ1) is 14.2. The average molecular weight is 443 g/mol. The number of carbonyl (C=O) groups excluding carboxylic acids is 5. The Kier molecular flexibility index (Phi) is 7.70. The van der Waals surface area contributed by atoms with E-state index in [0.717, 1.165) is 19.2 Å². The maximum atomic E-state index is 14.0. The van der Waals surface area contributed by atoms with Crippen LogP contribution in [0.15, 0.2) is 12.1 Å². The first kappa shape index (κ1) is 23.1. The van der Waals surface area contributed by atoms with E-state index >= 15 is 0 Å². The van der Waals surface area contributed by atoms with E-state index in [-0.39, 0.29) is 28.6 Å². The number of nitrogens with one attached hydrogen (secondary N) is 4. The largest absolute Gasteiger partial charge is 0.453 e. The molecule has 12 heteroatoms. The number of benzene rings is 1.